The van der Waals surface area contributed by atoms with Crippen LogP contribution >= 0.6 is 11.3 Å². The highest BCUT2D eigenvalue weighted by Gasteiger charge is 2.17. The summed E-state index contributed by atoms with van der Waals surface area (Å²) in [6, 6.07) is 18.6. The van der Waals surface area contributed by atoms with Gasteiger partial charge in [0, 0.05) is 25.2 Å². The molecule has 9 heteroatoms. The van der Waals surface area contributed by atoms with Crippen LogP contribution in [0.2, 0.25) is 0 Å². The van der Waals surface area contributed by atoms with Crippen LogP contribution in [0.5, 0.6) is 0 Å². The maximum atomic E-state index is 13.2. The molecule has 0 aliphatic rings. The fourth-order valence-electron chi connectivity index (χ4n) is 3.83. The van der Waals surface area contributed by atoms with Gasteiger partial charge in [-0.2, -0.15) is 0 Å². The summed E-state index contributed by atoms with van der Waals surface area (Å²) in [7, 11) is 0. The molecule has 0 atom stereocenters. The van der Waals surface area contributed by atoms with Crippen molar-refractivity contribution < 1.29 is 9.59 Å². The lowest BCUT2D eigenvalue weighted by Crippen LogP contribution is -2.41. The Morgan fingerprint density at radius 2 is 1.74 bits per heavy atom. The van der Waals surface area contributed by atoms with Gasteiger partial charge in [-0.1, -0.05) is 42.5 Å². The standard InChI is InChI=1S/C26H26N4O4S/c1-18-7-5-10-20(15-18)28-23(32)17-30-21-12-14-35-24(21)25(33)29(26(30)34)13-6-11-22(31)27-16-19-8-3-2-4-9-19/h2-5,7-10,12,14-15H,6,11,13,16-17H2,1H3,(H,27,31)(H,28,32). The zero-order valence-electron chi connectivity index (χ0n) is 19.3. The molecule has 0 saturated carbocycles. The first kappa shape index (κ1) is 24.2. The van der Waals surface area contributed by atoms with Gasteiger partial charge in [0.25, 0.3) is 5.56 Å². The molecular weight excluding hydrogens is 464 g/mol. The number of benzene rings is 2. The van der Waals surface area contributed by atoms with E-state index in [0.29, 0.717) is 28.9 Å². The van der Waals surface area contributed by atoms with E-state index < -0.39 is 11.2 Å². The molecule has 2 heterocycles. The van der Waals surface area contributed by atoms with Gasteiger partial charge in [-0.25, -0.2) is 4.79 Å². The molecule has 0 fully saturated rings. The fraction of sp³-hybridized carbons (Fsp3) is 0.231. The van der Waals surface area contributed by atoms with Crippen LogP contribution in [0.1, 0.15) is 24.0 Å². The number of thiophene rings is 1. The third-order valence-electron chi connectivity index (χ3n) is 5.56. The Bertz CT molecular complexity index is 1470. The molecule has 0 radical (unpaired) electrons. The molecule has 0 bridgehead atoms. The summed E-state index contributed by atoms with van der Waals surface area (Å²) in [5.41, 5.74) is 2.10. The molecule has 35 heavy (non-hydrogen) atoms. The number of anilines is 1. The van der Waals surface area contributed by atoms with E-state index in [1.165, 1.54) is 15.9 Å². The number of aryl methyl sites for hydroxylation is 1. The molecule has 180 valence electrons. The average molecular weight is 491 g/mol. The summed E-state index contributed by atoms with van der Waals surface area (Å²) in [4.78, 5) is 51.0. The van der Waals surface area contributed by atoms with Crippen molar-refractivity contribution in [2.75, 3.05) is 5.32 Å². The molecule has 0 unspecified atom stereocenters. The van der Waals surface area contributed by atoms with Crippen LogP contribution in [0.4, 0.5) is 5.69 Å². The SMILES string of the molecule is Cc1cccc(NC(=O)Cn2c(=O)n(CCCC(=O)NCc3ccccc3)c(=O)c3sccc32)c1. The van der Waals surface area contributed by atoms with Gasteiger partial charge in [0.15, 0.2) is 0 Å². The van der Waals surface area contributed by atoms with Crippen molar-refractivity contribution in [3.63, 3.8) is 0 Å². The second-order valence-electron chi connectivity index (χ2n) is 8.24. The molecule has 4 aromatic rings. The summed E-state index contributed by atoms with van der Waals surface area (Å²) >= 11 is 1.23. The Balaban J connectivity index is 1.45. The van der Waals surface area contributed by atoms with Crippen molar-refractivity contribution in [2.24, 2.45) is 0 Å². The number of carbonyl (C=O) groups is 2. The van der Waals surface area contributed by atoms with Crippen molar-refractivity contribution in [1.29, 1.82) is 0 Å². The van der Waals surface area contributed by atoms with Crippen molar-refractivity contribution in [1.82, 2.24) is 14.5 Å². The second kappa shape index (κ2) is 11.0. The van der Waals surface area contributed by atoms with Gasteiger partial charge in [0.1, 0.15) is 11.2 Å². The zero-order valence-corrected chi connectivity index (χ0v) is 20.1. The molecule has 4 rings (SSSR count). The number of nitrogens with zero attached hydrogens (tertiary/aromatic N) is 2. The Labute approximate surface area is 205 Å². The topological polar surface area (TPSA) is 102 Å². The van der Waals surface area contributed by atoms with Crippen LogP contribution in [0.15, 0.2) is 75.6 Å². The zero-order chi connectivity index (χ0) is 24.8. The van der Waals surface area contributed by atoms with Gasteiger partial charge >= 0.3 is 5.69 Å². The largest absolute Gasteiger partial charge is 0.352 e. The van der Waals surface area contributed by atoms with E-state index in [4.69, 9.17) is 0 Å². The smallest absolute Gasteiger partial charge is 0.332 e. The van der Waals surface area contributed by atoms with Crippen LogP contribution < -0.4 is 21.9 Å². The highest BCUT2D eigenvalue weighted by molar-refractivity contribution is 7.17. The Hall–Kier alpha value is -3.98. The Kier molecular flexibility index (Phi) is 7.57. The first-order chi connectivity index (χ1) is 16.9. The normalized spacial score (nSPS) is 10.9. The quantitative estimate of drug-likeness (QED) is 0.376. The van der Waals surface area contributed by atoms with E-state index in [-0.39, 0.29) is 31.3 Å². The van der Waals surface area contributed by atoms with E-state index in [2.05, 4.69) is 10.6 Å². The summed E-state index contributed by atoms with van der Waals surface area (Å²) in [6.07, 6.45) is 0.497. The molecule has 2 aromatic heterocycles. The maximum Gasteiger partial charge on any atom is 0.332 e. The highest BCUT2D eigenvalue weighted by atomic mass is 32.1. The Morgan fingerprint density at radius 1 is 0.943 bits per heavy atom. The van der Waals surface area contributed by atoms with Gasteiger partial charge in [0.2, 0.25) is 11.8 Å². The molecule has 2 amide bonds. The summed E-state index contributed by atoms with van der Waals surface area (Å²) in [5.74, 6) is -0.521. The highest BCUT2D eigenvalue weighted by Crippen LogP contribution is 2.16. The van der Waals surface area contributed by atoms with Crippen LogP contribution in [-0.2, 0) is 29.2 Å². The van der Waals surface area contributed by atoms with E-state index in [1.54, 1.807) is 17.5 Å². The molecular formula is C26H26N4O4S. The van der Waals surface area contributed by atoms with Crippen LogP contribution in [-0.4, -0.2) is 20.9 Å². The lowest BCUT2D eigenvalue weighted by Gasteiger charge is -2.13. The number of hydrogen-bond donors (Lipinski definition) is 2. The first-order valence-electron chi connectivity index (χ1n) is 11.3. The summed E-state index contributed by atoms with van der Waals surface area (Å²) < 4.78 is 2.83. The minimum absolute atomic E-state index is 0.0871. The molecule has 8 nitrogen and oxygen atoms in total. The monoisotopic (exact) mass is 490 g/mol. The van der Waals surface area contributed by atoms with Crippen molar-refractivity contribution in [3.8, 4) is 0 Å². The lowest BCUT2D eigenvalue weighted by molar-refractivity contribution is -0.121. The third-order valence-corrected chi connectivity index (χ3v) is 6.45. The van der Waals surface area contributed by atoms with E-state index in [0.717, 1.165) is 15.7 Å². The number of amides is 2. The Morgan fingerprint density at radius 3 is 2.51 bits per heavy atom. The third kappa shape index (κ3) is 5.93. The minimum Gasteiger partial charge on any atom is -0.352 e. The van der Waals surface area contributed by atoms with Gasteiger partial charge in [-0.3, -0.25) is 23.5 Å². The van der Waals surface area contributed by atoms with Gasteiger partial charge in [-0.05, 0) is 48.1 Å². The lowest BCUT2D eigenvalue weighted by atomic mass is 10.2. The maximum absolute atomic E-state index is 13.2. The molecule has 0 saturated heterocycles. The van der Waals surface area contributed by atoms with E-state index in [1.807, 2.05) is 55.5 Å². The second-order valence-corrected chi connectivity index (χ2v) is 9.16. The van der Waals surface area contributed by atoms with E-state index >= 15 is 0 Å². The van der Waals surface area contributed by atoms with E-state index in [9.17, 15) is 19.2 Å². The summed E-state index contributed by atoms with van der Waals surface area (Å²) in [5, 5.41) is 7.37. The van der Waals surface area contributed by atoms with Crippen molar-refractivity contribution in [3.05, 3.63) is 98.0 Å². The molecule has 0 aliphatic heterocycles. The number of fused-ring (bicyclic) bond motifs is 1. The van der Waals surface area contributed by atoms with Crippen LogP contribution in [0.25, 0.3) is 10.2 Å². The predicted molar refractivity (Wildman–Crippen MR) is 138 cm³/mol. The summed E-state index contributed by atoms with van der Waals surface area (Å²) in [6.45, 7) is 2.21. The fourth-order valence-corrected chi connectivity index (χ4v) is 4.68. The number of rotatable bonds is 9. The molecule has 0 spiro atoms. The van der Waals surface area contributed by atoms with Gasteiger partial charge in [-0.15, -0.1) is 11.3 Å². The molecule has 0 aliphatic carbocycles. The number of aromatic nitrogens is 2. The average Bonchev–Trinajstić information content (AvgIpc) is 3.33. The van der Waals surface area contributed by atoms with Gasteiger partial charge < -0.3 is 10.6 Å². The minimum atomic E-state index is -0.565. The molecule has 2 N–H and O–H groups in total. The number of carbonyl (C=O) groups excluding carboxylic acids is 2. The van der Waals surface area contributed by atoms with Crippen molar-refractivity contribution in [2.45, 2.75) is 39.4 Å². The van der Waals surface area contributed by atoms with Crippen LogP contribution in [0.3, 0.4) is 0 Å². The van der Waals surface area contributed by atoms with Crippen molar-refractivity contribution >= 4 is 39.1 Å². The number of nitrogens with one attached hydrogen (secondary N) is 2. The predicted octanol–water partition coefficient (Wildman–Crippen LogP) is 3.27. The van der Waals surface area contributed by atoms with Crippen LogP contribution in [0, 0.1) is 6.92 Å². The van der Waals surface area contributed by atoms with Gasteiger partial charge in [0.05, 0.1) is 5.52 Å². The first-order valence-corrected chi connectivity index (χ1v) is 12.2. The molecule has 2 aromatic carbocycles. The number of hydrogen-bond acceptors (Lipinski definition) is 5.